The van der Waals surface area contributed by atoms with Crippen molar-refractivity contribution in [3.05, 3.63) is 0 Å². The van der Waals surface area contributed by atoms with Crippen LogP contribution >= 0.6 is 0 Å². The number of carbonyl (C=O) groups is 12. The standard InChI is InChI=1S/C8H10O6.2C8H10O5.C7H7FO6.C7H7FO5.C7H8O5/c1-3-5(13-7(9)11-3)6-4(2)12-8(10)14-6;2*1-4-7(13-8(10)11-4)5-2-3-6(9)12-5;1-2-3(12-6(9)11-2)4-5(8)14-7(10)13-4;8-6-5(12-7(10)13-6)3-1-2-4(9)11-3;8-6-2-1-4(11-6)5-3-10-7(9)12-5/h3-6H,1-2H3;2*4-5,7H,2-3H2,1H3;2-5H,1H3;3,5-6H,1-2H2;4-5H,1-3H2. The van der Waals surface area contributed by atoms with E-state index >= 15 is 0 Å². The normalized spacial score (nSPS) is 38.8. The van der Waals surface area contributed by atoms with Gasteiger partial charge in [-0.25, -0.2) is 38.4 Å². The molecule has 0 aliphatic carbocycles. The highest BCUT2D eigenvalue weighted by Crippen LogP contribution is 2.32. The number of rotatable bonds is 6. The Labute approximate surface area is 442 Å². The van der Waals surface area contributed by atoms with Crippen molar-refractivity contribution in [2.75, 3.05) is 6.61 Å². The van der Waals surface area contributed by atoms with Crippen LogP contribution in [0.2, 0.25) is 0 Å². The first kappa shape index (κ1) is 58.6. The Hall–Kier alpha value is -8.10. The number of hydrogen-bond donors (Lipinski definition) is 0. The maximum Gasteiger partial charge on any atom is 0.511 e. The molecule has 12 aliphatic heterocycles. The molecule has 19 atom stereocenters. The van der Waals surface area contributed by atoms with Crippen LogP contribution in [0.25, 0.3) is 0 Å². The van der Waals surface area contributed by atoms with E-state index in [0.717, 1.165) is 0 Å². The van der Waals surface area contributed by atoms with E-state index in [1.807, 2.05) is 0 Å². The third kappa shape index (κ3) is 15.3. The van der Waals surface area contributed by atoms with Gasteiger partial charge >= 0.3 is 73.1 Å². The van der Waals surface area contributed by atoms with Gasteiger partial charge in [0, 0.05) is 25.7 Å². The van der Waals surface area contributed by atoms with E-state index in [0.29, 0.717) is 44.9 Å². The van der Waals surface area contributed by atoms with Crippen molar-refractivity contribution in [2.24, 2.45) is 0 Å². The van der Waals surface area contributed by atoms with Crippen LogP contribution in [0.15, 0.2) is 0 Å². The van der Waals surface area contributed by atoms with Gasteiger partial charge in [0.15, 0.2) is 36.6 Å². The highest BCUT2D eigenvalue weighted by molar-refractivity contribution is 5.74. The van der Waals surface area contributed by atoms with Crippen LogP contribution in [0, 0.1) is 0 Å². The number of halogens is 2. The minimum atomic E-state index is -1.93. The summed E-state index contributed by atoms with van der Waals surface area (Å²) in [4.78, 5) is 128. The highest BCUT2D eigenvalue weighted by Gasteiger charge is 2.52. The van der Waals surface area contributed by atoms with E-state index in [1.165, 1.54) is 6.92 Å². The quantitative estimate of drug-likeness (QED) is 0.271. The molecule has 12 aliphatic rings. The Balaban J connectivity index is 0.000000137. The zero-order valence-electron chi connectivity index (χ0n) is 42.2. The Morgan fingerprint density at radius 1 is 0.266 bits per heavy atom. The molecule has 0 N–H and O–H groups in total. The minimum Gasteiger partial charge on any atom is -0.458 e. The van der Waals surface area contributed by atoms with Crippen LogP contribution in [0.5, 0.6) is 0 Å². The van der Waals surface area contributed by atoms with Gasteiger partial charge in [-0.3, -0.25) is 19.2 Å². The number of cyclic esters (lactones) is 20. The molecule has 12 saturated heterocycles. The maximum atomic E-state index is 13.0. The summed E-state index contributed by atoms with van der Waals surface area (Å²) < 4.78 is 120. The van der Waals surface area contributed by atoms with Crippen LogP contribution in [0.3, 0.4) is 0 Å². The number of ether oxygens (including phenoxy) is 20. The van der Waals surface area contributed by atoms with E-state index in [4.69, 9.17) is 61.6 Å². The summed E-state index contributed by atoms with van der Waals surface area (Å²) in [5, 5.41) is 0. The zero-order valence-corrected chi connectivity index (χ0v) is 42.2. The van der Waals surface area contributed by atoms with Crippen LogP contribution in [-0.4, -0.2) is 196 Å². The summed E-state index contributed by atoms with van der Waals surface area (Å²) in [6.07, 6.45) is -16.3. The fraction of sp³-hybridized carbons (Fsp3) is 0.733. The van der Waals surface area contributed by atoms with Crippen LogP contribution in [0.4, 0.5) is 47.1 Å². The van der Waals surface area contributed by atoms with Crippen molar-refractivity contribution in [2.45, 2.75) is 202 Å². The molecule has 34 heteroatoms. The second-order valence-corrected chi connectivity index (χ2v) is 18.4. The van der Waals surface area contributed by atoms with Gasteiger partial charge in [-0.05, 0) is 60.3 Å². The Bertz CT molecular complexity index is 2090. The van der Waals surface area contributed by atoms with E-state index in [9.17, 15) is 66.3 Å². The SMILES string of the molecule is CC1OC(=O)OC1C1CCC(=O)O1.CC1OC(=O)OC1C1CCC(=O)O1.CC1OC(=O)OC1C1OC(=O)OC1C.CC1OC(=O)OC1C1OC(=O)OC1F.O=C1CCC(C2COC(=O)O2)O1.O=C1CCC(C2OC(=O)OC2F)O1. The van der Waals surface area contributed by atoms with Crippen LogP contribution in [0.1, 0.15) is 86.0 Å². The number of carbonyl (C=O) groups excluding carboxylic acids is 12. The van der Waals surface area contributed by atoms with Gasteiger partial charge < -0.3 is 94.7 Å². The van der Waals surface area contributed by atoms with E-state index < -0.39 is 141 Å². The molecule has 438 valence electrons. The minimum absolute atomic E-state index is 0.191. The highest BCUT2D eigenvalue weighted by atomic mass is 19.2. The molecule has 0 saturated carbocycles. The molecule has 0 aromatic carbocycles. The summed E-state index contributed by atoms with van der Waals surface area (Å²) in [7, 11) is 0. The summed E-state index contributed by atoms with van der Waals surface area (Å²) >= 11 is 0. The second kappa shape index (κ2) is 25.6. The fourth-order valence-electron chi connectivity index (χ4n) is 8.86. The lowest BCUT2D eigenvalue weighted by molar-refractivity contribution is -0.147. The number of alkyl halides is 2. The van der Waals surface area contributed by atoms with Gasteiger partial charge in [0.1, 0.15) is 61.5 Å². The van der Waals surface area contributed by atoms with Crippen molar-refractivity contribution in [1.82, 2.24) is 0 Å². The van der Waals surface area contributed by atoms with Gasteiger partial charge in [0.05, 0.1) is 0 Å². The Kier molecular flexibility index (Phi) is 19.0. The van der Waals surface area contributed by atoms with Gasteiger partial charge in [-0.15, -0.1) is 0 Å². The Morgan fingerprint density at radius 2 is 0.532 bits per heavy atom. The first-order valence-electron chi connectivity index (χ1n) is 24.4. The molecule has 0 amide bonds. The van der Waals surface area contributed by atoms with Gasteiger partial charge in [0.25, 0.3) is 12.7 Å². The lowest BCUT2D eigenvalue weighted by Crippen LogP contribution is -2.39. The van der Waals surface area contributed by atoms with Crippen molar-refractivity contribution < 1.29 is 161 Å². The number of esters is 4. The molecule has 0 aromatic heterocycles. The van der Waals surface area contributed by atoms with Gasteiger partial charge in [-0.1, -0.05) is 0 Å². The first-order valence-corrected chi connectivity index (χ1v) is 24.4. The summed E-state index contributed by atoms with van der Waals surface area (Å²) in [5.74, 6) is -1.11. The molecular formula is C45H52F2O32. The average molecular weight is 1140 g/mol. The van der Waals surface area contributed by atoms with Crippen molar-refractivity contribution in [3.8, 4) is 0 Å². The van der Waals surface area contributed by atoms with Crippen LogP contribution in [-0.2, 0) is 114 Å². The molecule has 0 bridgehead atoms. The molecule has 12 rings (SSSR count). The third-order valence-electron chi connectivity index (χ3n) is 12.7. The largest absolute Gasteiger partial charge is 0.511 e. The van der Waals surface area contributed by atoms with E-state index in [-0.39, 0.29) is 61.5 Å². The Morgan fingerprint density at radius 3 is 0.785 bits per heavy atom. The lowest BCUT2D eigenvalue weighted by Gasteiger charge is -2.18. The topological polar surface area (TPSA) is 389 Å². The smallest absolute Gasteiger partial charge is 0.458 e. The van der Waals surface area contributed by atoms with Crippen LogP contribution < -0.4 is 0 Å². The summed E-state index contributed by atoms with van der Waals surface area (Å²) in [6.45, 7) is 8.50. The first-order chi connectivity index (χ1) is 37.4. The maximum absolute atomic E-state index is 13.0. The summed E-state index contributed by atoms with van der Waals surface area (Å²) in [5.41, 5.74) is 0. The zero-order chi connectivity index (χ0) is 57.4. The van der Waals surface area contributed by atoms with Gasteiger partial charge in [-0.2, -0.15) is 8.78 Å². The molecule has 32 nitrogen and oxygen atoms in total. The lowest BCUT2D eigenvalue weighted by atomic mass is 10.1. The molecular weight excluding hydrogens is 1090 g/mol. The number of hydrogen-bond acceptors (Lipinski definition) is 32. The molecule has 19 unspecified atom stereocenters. The van der Waals surface area contributed by atoms with E-state index in [2.05, 4.69) is 33.2 Å². The fourth-order valence-corrected chi connectivity index (χ4v) is 8.86. The molecule has 12 fully saturated rings. The molecule has 79 heavy (non-hydrogen) atoms. The third-order valence-corrected chi connectivity index (χ3v) is 12.7. The molecule has 12 heterocycles. The average Bonchev–Trinajstić information content (AvgIpc) is 4.20. The predicted octanol–water partition coefficient (Wildman–Crippen LogP) is 3.56. The van der Waals surface area contributed by atoms with Crippen molar-refractivity contribution in [1.29, 1.82) is 0 Å². The van der Waals surface area contributed by atoms with Crippen molar-refractivity contribution >= 4 is 73.1 Å². The predicted molar refractivity (Wildman–Crippen MR) is 229 cm³/mol. The summed E-state index contributed by atoms with van der Waals surface area (Å²) in [6, 6.07) is 0. The monoisotopic (exact) mass is 1140 g/mol. The molecule has 0 aromatic rings. The molecule has 0 radical (unpaired) electrons. The molecule has 0 spiro atoms. The van der Waals surface area contributed by atoms with E-state index in [1.54, 1.807) is 27.7 Å². The van der Waals surface area contributed by atoms with Gasteiger partial charge in [0.2, 0.25) is 12.2 Å². The second-order valence-electron chi connectivity index (χ2n) is 18.4. The van der Waals surface area contributed by atoms with Crippen molar-refractivity contribution in [3.63, 3.8) is 0 Å².